The predicted octanol–water partition coefficient (Wildman–Crippen LogP) is 4.63. The molecular weight excluding hydrogens is 456 g/mol. The normalized spacial score (nSPS) is 10.4. The molecule has 0 atom stereocenters. The molecule has 2 aromatic rings. The van der Waals surface area contributed by atoms with Crippen LogP contribution < -0.4 is 15.2 Å². The molecule has 0 aliphatic carbocycles. The Morgan fingerprint density at radius 2 is 1.75 bits per heavy atom. The molecule has 0 bridgehead atoms. The minimum atomic E-state index is 0.344. The van der Waals surface area contributed by atoms with Gasteiger partial charge >= 0.3 is 0 Å². The molecule has 4 nitrogen and oxygen atoms in total. The molecule has 0 saturated heterocycles. The Bertz CT molecular complexity index is 635. The smallest absolute Gasteiger partial charge is 0.223 e. The summed E-state index contributed by atoms with van der Waals surface area (Å²) in [6.07, 6.45) is 1.67. The molecule has 0 spiro atoms. The summed E-state index contributed by atoms with van der Waals surface area (Å²) in [5.41, 5.74) is 6.52. The van der Waals surface area contributed by atoms with Crippen LogP contribution in [-0.4, -0.2) is 12.1 Å². The van der Waals surface area contributed by atoms with Crippen molar-refractivity contribution in [1.29, 1.82) is 0 Å². The zero-order valence-corrected chi connectivity index (χ0v) is 15.2. The Morgan fingerprint density at radius 1 is 1.10 bits per heavy atom. The Kier molecular flexibility index (Phi) is 5.42. The Hall–Kier alpha value is -0.630. The van der Waals surface area contributed by atoms with E-state index in [2.05, 4.69) is 52.8 Å². The predicted molar refractivity (Wildman–Crippen MR) is 88.3 cm³/mol. The van der Waals surface area contributed by atoms with Crippen molar-refractivity contribution in [2.45, 2.75) is 6.54 Å². The number of rotatable bonds is 4. The quantitative estimate of drug-likeness (QED) is 0.713. The van der Waals surface area contributed by atoms with Crippen LogP contribution in [0.3, 0.4) is 0 Å². The van der Waals surface area contributed by atoms with E-state index in [9.17, 15) is 0 Å². The van der Waals surface area contributed by atoms with E-state index in [0.29, 0.717) is 23.9 Å². The largest absolute Gasteiger partial charge is 0.496 e. The van der Waals surface area contributed by atoms with Crippen LogP contribution in [-0.2, 0) is 6.54 Å². The van der Waals surface area contributed by atoms with Gasteiger partial charge in [-0.05, 0) is 66.0 Å². The van der Waals surface area contributed by atoms with Gasteiger partial charge in [0.1, 0.15) is 11.5 Å². The fourth-order valence-electron chi connectivity index (χ4n) is 1.56. The van der Waals surface area contributed by atoms with Crippen LogP contribution in [0.25, 0.3) is 0 Å². The number of aromatic nitrogens is 1. The first-order chi connectivity index (χ1) is 9.55. The summed E-state index contributed by atoms with van der Waals surface area (Å²) < 4.78 is 13.5. The second-order valence-electron chi connectivity index (χ2n) is 3.84. The van der Waals surface area contributed by atoms with E-state index in [1.165, 1.54) is 0 Å². The average Bonchev–Trinajstić information content (AvgIpc) is 2.44. The number of pyridine rings is 1. The lowest BCUT2D eigenvalue weighted by molar-refractivity contribution is 0.408. The van der Waals surface area contributed by atoms with Crippen molar-refractivity contribution in [3.05, 3.63) is 43.4 Å². The molecule has 0 aliphatic rings. The van der Waals surface area contributed by atoms with Crippen LogP contribution in [0.2, 0.25) is 0 Å². The summed E-state index contributed by atoms with van der Waals surface area (Å²) in [6.45, 7) is 0.344. The van der Waals surface area contributed by atoms with Gasteiger partial charge in [-0.2, -0.15) is 0 Å². The first kappa shape index (κ1) is 15.8. The highest BCUT2D eigenvalue weighted by molar-refractivity contribution is 9.11. The van der Waals surface area contributed by atoms with Crippen LogP contribution in [0.1, 0.15) is 5.56 Å². The lowest BCUT2D eigenvalue weighted by atomic mass is 10.2. The molecular formula is C13H11Br3N2O2. The van der Waals surface area contributed by atoms with Crippen molar-refractivity contribution < 1.29 is 9.47 Å². The number of hydrogen-bond donors (Lipinski definition) is 1. The van der Waals surface area contributed by atoms with Gasteiger partial charge in [-0.25, -0.2) is 4.98 Å². The van der Waals surface area contributed by atoms with E-state index in [0.717, 1.165) is 19.0 Å². The lowest BCUT2D eigenvalue weighted by Gasteiger charge is -2.12. The fraction of sp³-hybridized carbons (Fsp3) is 0.154. The van der Waals surface area contributed by atoms with Crippen LogP contribution in [0.15, 0.2) is 37.8 Å². The van der Waals surface area contributed by atoms with Gasteiger partial charge in [-0.1, -0.05) is 0 Å². The third-order valence-corrected chi connectivity index (χ3v) is 4.20. The van der Waals surface area contributed by atoms with Gasteiger partial charge in [0.2, 0.25) is 5.88 Å². The molecule has 2 N–H and O–H groups in total. The monoisotopic (exact) mass is 464 g/mol. The second-order valence-corrected chi connectivity index (χ2v) is 6.47. The zero-order valence-electron chi connectivity index (χ0n) is 10.5. The molecule has 0 unspecified atom stereocenters. The summed E-state index contributed by atoms with van der Waals surface area (Å²) in [4.78, 5) is 4.24. The van der Waals surface area contributed by atoms with Crippen LogP contribution in [0, 0.1) is 0 Å². The molecule has 0 aliphatic heterocycles. The van der Waals surface area contributed by atoms with Gasteiger partial charge in [0.05, 0.1) is 16.1 Å². The third kappa shape index (κ3) is 3.52. The van der Waals surface area contributed by atoms with Gasteiger partial charge in [-0.15, -0.1) is 0 Å². The molecule has 1 heterocycles. The van der Waals surface area contributed by atoms with Crippen molar-refractivity contribution in [1.82, 2.24) is 4.98 Å². The van der Waals surface area contributed by atoms with E-state index in [-0.39, 0.29) is 0 Å². The molecule has 0 saturated carbocycles. The first-order valence-corrected chi connectivity index (χ1v) is 7.98. The molecule has 20 heavy (non-hydrogen) atoms. The first-order valence-electron chi connectivity index (χ1n) is 5.60. The number of halogens is 3. The maximum Gasteiger partial charge on any atom is 0.223 e. The minimum Gasteiger partial charge on any atom is -0.496 e. The van der Waals surface area contributed by atoms with Gasteiger partial charge in [0.15, 0.2) is 0 Å². The molecule has 1 aromatic carbocycles. The van der Waals surface area contributed by atoms with Crippen LogP contribution in [0.4, 0.5) is 0 Å². The summed E-state index contributed by atoms with van der Waals surface area (Å²) in [6, 6.07) is 5.52. The maximum absolute atomic E-state index is 5.82. The highest BCUT2D eigenvalue weighted by Gasteiger charge is 2.12. The third-order valence-electron chi connectivity index (χ3n) is 2.52. The highest BCUT2D eigenvalue weighted by atomic mass is 79.9. The van der Waals surface area contributed by atoms with Crippen molar-refractivity contribution in [2.24, 2.45) is 5.73 Å². The molecule has 0 fully saturated rings. The maximum atomic E-state index is 5.82. The second kappa shape index (κ2) is 6.89. The van der Waals surface area contributed by atoms with Gasteiger partial charge < -0.3 is 15.2 Å². The van der Waals surface area contributed by atoms with Crippen LogP contribution >= 0.6 is 47.8 Å². The number of methoxy groups -OCH3 is 1. The van der Waals surface area contributed by atoms with Gasteiger partial charge in [0.25, 0.3) is 0 Å². The fourth-order valence-corrected chi connectivity index (χ4v) is 2.82. The van der Waals surface area contributed by atoms with E-state index in [4.69, 9.17) is 15.2 Å². The summed E-state index contributed by atoms with van der Waals surface area (Å²) in [5, 5.41) is 0. The molecule has 1 aromatic heterocycles. The topological polar surface area (TPSA) is 57.4 Å². The van der Waals surface area contributed by atoms with Crippen LogP contribution in [0.5, 0.6) is 17.4 Å². The van der Waals surface area contributed by atoms with E-state index in [1.807, 2.05) is 18.2 Å². The number of nitrogens with zero attached hydrogens (tertiary/aromatic N) is 1. The summed E-state index contributed by atoms with van der Waals surface area (Å²) >= 11 is 10.2. The van der Waals surface area contributed by atoms with Crippen molar-refractivity contribution >= 4 is 47.8 Å². The van der Waals surface area contributed by atoms with Crippen molar-refractivity contribution in [2.75, 3.05) is 7.11 Å². The molecule has 106 valence electrons. The molecule has 0 amide bonds. The van der Waals surface area contributed by atoms with Crippen molar-refractivity contribution in [3.8, 4) is 17.4 Å². The Labute approximate surface area is 142 Å². The number of nitrogens with two attached hydrogens (primary N) is 1. The summed E-state index contributed by atoms with van der Waals surface area (Å²) in [7, 11) is 1.61. The highest BCUT2D eigenvalue weighted by Crippen LogP contribution is 2.38. The zero-order chi connectivity index (χ0) is 14.7. The van der Waals surface area contributed by atoms with Gasteiger partial charge in [0, 0.05) is 22.8 Å². The van der Waals surface area contributed by atoms with E-state index in [1.54, 1.807) is 13.3 Å². The number of benzene rings is 1. The Balaban J connectivity index is 2.37. The molecule has 7 heteroatoms. The standard InChI is InChI=1S/C13H11Br3N2O2/c1-19-11-3-10(16)12(4-9(11)15)20-13-7(5-17)2-8(14)6-18-13/h2-4,6H,5,17H2,1H3. The van der Waals surface area contributed by atoms with Crippen molar-refractivity contribution in [3.63, 3.8) is 0 Å². The SMILES string of the molecule is COc1cc(Br)c(Oc2ncc(Br)cc2CN)cc1Br. The van der Waals surface area contributed by atoms with E-state index < -0.39 is 0 Å². The van der Waals surface area contributed by atoms with E-state index >= 15 is 0 Å². The summed E-state index contributed by atoms with van der Waals surface area (Å²) in [5.74, 6) is 1.82. The number of ether oxygens (including phenoxy) is 2. The molecule has 0 radical (unpaired) electrons. The lowest BCUT2D eigenvalue weighted by Crippen LogP contribution is -2.01. The Morgan fingerprint density at radius 3 is 2.40 bits per heavy atom. The average molecular weight is 467 g/mol. The molecule has 2 rings (SSSR count). The number of hydrogen-bond acceptors (Lipinski definition) is 4. The minimum absolute atomic E-state index is 0.344. The van der Waals surface area contributed by atoms with Gasteiger partial charge in [-0.3, -0.25) is 0 Å².